The van der Waals surface area contributed by atoms with E-state index < -0.39 is 45.4 Å². The summed E-state index contributed by atoms with van der Waals surface area (Å²) in [6.45, 7) is 3.52. The first kappa shape index (κ1) is 26.1. The zero-order valence-corrected chi connectivity index (χ0v) is 21.0. The van der Waals surface area contributed by atoms with Gasteiger partial charge in [-0.25, -0.2) is 13.2 Å². The Labute approximate surface area is 206 Å². The first-order valence-corrected chi connectivity index (χ1v) is 13.3. The Balaban J connectivity index is 1.50. The second-order valence-corrected chi connectivity index (χ2v) is 11.9. The standard InChI is InChI=1S/C24H27F3N2O6S/c1-14-11-16-12-19(21(14)29(16)22(31)35-23(2,3)24(25,26)27)34-17-9-10-28(20(30)13-17)15-5-7-18(8-6-15)36(4,32)33/h5-10,13-14,16,19,21H,11-12H2,1-4H3/t14-,16-,19+,21?/m1/s1. The van der Waals surface area contributed by atoms with Gasteiger partial charge in [0.05, 0.1) is 10.9 Å². The van der Waals surface area contributed by atoms with Crippen molar-refractivity contribution in [2.75, 3.05) is 6.26 Å². The number of nitrogens with zero attached hydrogens (tertiary/aromatic N) is 2. The topological polar surface area (TPSA) is 94.9 Å². The first-order chi connectivity index (χ1) is 16.6. The molecule has 0 spiro atoms. The van der Waals surface area contributed by atoms with E-state index in [1.165, 1.54) is 46.0 Å². The lowest BCUT2D eigenvalue weighted by Crippen LogP contribution is -2.49. The molecule has 3 heterocycles. The zero-order valence-electron chi connectivity index (χ0n) is 20.2. The number of benzene rings is 1. The molecule has 2 aromatic rings. The second-order valence-electron chi connectivity index (χ2n) is 9.87. The number of fused-ring (bicyclic) bond motifs is 2. The molecule has 1 aromatic carbocycles. The Morgan fingerprint density at radius 1 is 1.08 bits per heavy atom. The minimum atomic E-state index is -4.71. The molecule has 196 valence electrons. The molecule has 2 fully saturated rings. The van der Waals surface area contributed by atoms with Crippen molar-refractivity contribution in [1.29, 1.82) is 0 Å². The Bertz CT molecular complexity index is 1320. The van der Waals surface area contributed by atoms with Crippen molar-refractivity contribution >= 4 is 15.9 Å². The highest BCUT2D eigenvalue weighted by atomic mass is 32.2. The molecule has 0 N–H and O–H groups in total. The van der Waals surface area contributed by atoms with Crippen LogP contribution in [-0.2, 0) is 14.6 Å². The molecule has 2 saturated heterocycles. The van der Waals surface area contributed by atoms with Crippen molar-refractivity contribution in [2.45, 2.75) is 68.5 Å². The van der Waals surface area contributed by atoms with Gasteiger partial charge < -0.3 is 9.47 Å². The molecule has 0 saturated carbocycles. The molecule has 0 radical (unpaired) electrons. The summed E-state index contributed by atoms with van der Waals surface area (Å²) in [4.78, 5) is 26.9. The summed E-state index contributed by atoms with van der Waals surface area (Å²) < 4.78 is 75.1. The van der Waals surface area contributed by atoms with Gasteiger partial charge in [-0.05, 0) is 56.5 Å². The van der Waals surface area contributed by atoms with Crippen LogP contribution >= 0.6 is 0 Å². The molecular weight excluding hydrogens is 501 g/mol. The fourth-order valence-electron chi connectivity index (χ4n) is 4.86. The van der Waals surface area contributed by atoms with Gasteiger partial charge in [-0.3, -0.25) is 14.3 Å². The number of sulfone groups is 1. The lowest BCUT2D eigenvalue weighted by atomic mass is 9.88. The van der Waals surface area contributed by atoms with Crippen molar-refractivity contribution in [2.24, 2.45) is 5.92 Å². The molecule has 8 nitrogen and oxygen atoms in total. The molecule has 0 aliphatic carbocycles. The average Bonchev–Trinajstić information content (AvgIpc) is 3.26. The Morgan fingerprint density at radius 3 is 2.28 bits per heavy atom. The maximum atomic E-state index is 13.2. The summed E-state index contributed by atoms with van der Waals surface area (Å²) in [5, 5.41) is 0. The van der Waals surface area contributed by atoms with Gasteiger partial charge in [-0.2, -0.15) is 13.2 Å². The highest BCUT2D eigenvalue weighted by Gasteiger charge is 2.57. The van der Waals surface area contributed by atoms with E-state index in [4.69, 9.17) is 9.47 Å². The molecular formula is C24H27F3N2O6S. The van der Waals surface area contributed by atoms with Crippen LogP contribution in [0.4, 0.5) is 18.0 Å². The minimum Gasteiger partial charge on any atom is -0.488 e. The summed E-state index contributed by atoms with van der Waals surface area (Å²) in [7, 11) is -3.37. The highest BCUT2D eigenvalue weighted by Crippen LogP contribution is 2.44. The molecule has 2 bridgehead atoms. The smallest absolute Gasteiger partial charge is 0.427 e. The summed E-state index contributed by atoms with van der Waals surface area (Å²) >= 11 is 0. The van der Waals surface area contributed by atoms with Crippen LogP contribution in [0.1, 0.15) is 33.6 Å². The van der Waals surface area contributed by atoms with Gasteiger partial charge in [-0.15, -0.1) is 0 Å². The zero-order chi connectivity index (χ0) is 26.6. The van der Waals surface area contributed by atoms with Crippen molar-refractivity contribution < 1.29 is 35.9 Å². The molecule has 12 heteroatoms. The molecule has 2 aliphatic heterocycles. The molecule has 2 aliphatic rings. The van der Waals surface area contributed by atoms with E-state index in [1.54, 1.807) is 6.07 Å². The average molecular weight is 529 g/mol. The molecule has 4 rings (SSSR count). The largest absolute Gasteiger partial charge is 0.488 e. The predicted molar refractivity (Wildman–Crippen MR) is 124 cm³/mol. The van der Waals surface area contributed by atoms with Gasteiger partial charge in [0, 0.05) is 36.7 Å². The lowest BCUT2D eigenvalue weighted by molar-refractivity contribution is -0.246. The minimum absolute atomic E-state index is 0.0240. The first-order valence-electron chi connectivity index (χ1n) is 11.4. The summed E-state index contributed by atoms with van der Waals surface area (Å²) in [5.41, 5.74) is -2.58. The quantitative estimate of drug-likeness (QED) is 0.584. The number of alkyl halides is 3. The van der Waals surface area contributed by atoms with Crippen molar-refractivity contribution in [3.63, 3.8) is 0 Å². The van der Waals surface area contributed by atoms with Crippen LogP contribution in [0.15, 0.2) is 52.3 Å². The van der Waals surface area contributed by atoms with Crippen molar-refractivity contribution in [3.8, 4) is 11.4 Å². The Morgan fingerprint density at radius 2 is 1.72 bits per heavy atom. The van der Waals surface area contributed by atoms with E-state index in [0.717, 1.165) is 20.1 Å². The van der Waals surface area contributed by atoms with Crippen LogP contribution in [0.2, 0.25) is 0 Å². The van der Waals surface area contributed by atoms with Gasteiger partial charge in [0.1, 0.15) is 11.9 Å². The van der Waals surface area contributed by atoms with Gasteiger partial charge in [-0.1, -0.05) is 6.92 Å². The summed E-state index contributed by atoms with van der Waals surface area (Å²) in [6.07, 6.45) is -2.64. The van der Waals surface area contributed by atoms with Crippen molar-refractivity contribution in [1.82, 2.24) is 9.47 Å². The van der Waals surface area contributed by atoms with Crippen LogP contribution < -0.4 is 10.3 Å². The van der Waals surface area contributed by atoms with E-state index in [9.17, 15) is 31.2 Å². The summed E-state index contributed by atoms with van der Waals surface area (Å²) in [6, 6.07) is 7.88. The number of hydrogen-bond donors (Lipinski definition) is 0. The SMILES string of the molecule is C[C@@H]1C[C@@H]2C[C@H](Oc3ccn(-c4ccc(S(C)(=O)=O)cc4)c(=O)c3)C1N2C(=O)OC(C)(C)C(F)(F)F. The lowest BCUT2D eigenvalue weighted by Gasteiger charge is -2.32. The van der Waals surface area contributed by atoms with E-state index in [0.29, 0.717) is 18.5 Å². The molecule has 1 aromatic heterocycles. The third-order valence-corrected chi connectivity index (χ3v) is 7.91. The number of amides is 1. The molecule has 36 heavy (non-hydrogen) atoms. The Hall–Kier alpha value is -3.02. The van der Waals surface area contributed by atoms with E-state index >= 15 is 0 Å². The van der Waals surface area contributed by atoms with E-state index in [2.05, 4.69) is 0 Å². The van der Waals surface area contributed by atoms with Gasteiger partial charge >= 0.3 is 12.3 Å². The van der Waals surface area contributed by atoms with Crippen LogP contribution in [0.3, 0.4) is 0 Å². The summed E-state index contributed by atoms with van der Waals surface area (Å²) in [5.74, 6) is 0.238. The molecule has 1 amide bonds. The van der Waals surface area contributed by atoms with E-state index in [1.807, 2.05) is 6.92 Å². The van der Waals surface area contributed by atoms with Crippen LogP contribution in [0.5, 0.6) is 5.75 Å². The number of halogens is 3. The number of carbonyl (C=O) groups excluding carboxylic acids is 1. The number of hydrogen-bond acceptors (Lipinski definition) is 6. The second kappa shape index (κ2) is 8.82. The molecule has 1 unspecified atom stereocenters. The maximum absolute atomic E-state index is 13.2. The number of carbonyl (C=O) groups is 1. The van der Waals surface area contributed by atoms with Gasteiger partial charge in [0.25, 0.3) is 5.56 Å². The maximum Gasteiger partial charge on any atom is 0.427 e. The monoisotopic (exact) mass is 528 g/mol. The number of pyridine rings is 1. The normalized spacial score (nSPS) is 24.1. The third kappa shape index (κ3) is 4.82. The Kier molecular flexibility index (Phi) is 6.39. The predicted octanol–water partition coefficient (Wildman–Crippen LogP) is 3.95. The number of rotatable bonds is 5. The number of ether oxygens (including phenoxy) is 2. The third-order valence-electron chi connectivity index (χ3n) is 6.78. The van der Waals surface area contributed by atoms with E-state index in [-0.39, 0.29) is 22.6 Å². The molecule has 4 atom stereocenters. The van der Waals surface area contributed by atoms with Crippen LogP contribution in [0.25, 0.3) is 5.69 Å². The fraction of sp³-hybridized carbons (Fsp3) is 0.500. The van der Waals surface area contributed by atoms with Crippen LogP contribution in [0, 0.1) is 5.92 Å². The van der Waals surface area contributed by atoms with Crippen molar-refractivity contribution in [3.05, 3.63) is 52.9 Å². The number of aromatic nitrogens is 1. The highest BCUT2D eigenvalue weighted by molar-refractivity contribution is 7.90. The van der Waals surface area contributed by atoms with Gasteiger partial charge in [0.2, 0.25) is 5.60 Å². The van der Waals surface area contributed by atoms with Gasteiger partial charge in [0.15, 0.2) is 9.84 Å². The van der Waals surface area contributed by atoms with Crippen LogP contribution in [-0.4, -0.2) is 60.2 Å². The fourth-order valence-corrected chi connectivity index (χ4v) is 5.49.